The van der Waals surface area contributed by atoms with Crippen LogP contribution in [0.4, 0.5) is 0 Å². The molecular weight excluding hydrogens is 264 g/mol. The molecule has 0 aromatic heterocycles. The van der Waals surface area contributed by atoms with Crippen LogP contribution in [-0.4, -0.2) is 7.11 Å². The van der Waals surface area contributed by atoms with Gasteiger partial charge in [0.1, 0.15) is 5.75 Å². The van der Waals surface area contributed by atoms with E-state index in [9.17, 15) is 0 Å². The minimum atomic E-state index is 0.584. The maximum atomic E-state index is 5.21. The third-order valence-corrected chi connectivity index (χ3v) is 3.09. The molecule has 0 N–H and O–H groups in total. The minimum absolute atomic E-state index is 0.584. The number of benzene rings is 1. The molecule has 1 unspecified atom stereocenters. The third kappa shape index (κ3) is 4.01. The molecule has 2 heteroatoms. The summed E-state index contributed by atoms with van der Waals surface area (Å²) in [7, 11) is 1.69. The van der Waals surface area contributed by atoms with Crippen molar-refractivity contribution in [3.05, 3.63) is 40.4 Å². The van der Waals surface area contributed by atoms with E-state index in [0.29, 0.717) is 5.92 Å². The van der Waals surface area contributed by atoms with Crippen molar-refractivity contribution in [2.45, 2.75) is 26.7 Å². The van der Waals surface area contributed by atoms with E-state index < -0.39 is 0 Å². The number of halogens is 1. The highest BCUT2D eigenvalue weighted by Gasteiger charge is 2.04. The largest absolute Gasteiger partial charge is 0.496 e. The van der Waals surface area contributed by atoms with Crippen molar-refractivity contribution in [3.63, 3.8) is 0 Å². The monoisotopic (exact) mass is 282 g/mol. The van der Waals surface area contributed by atoms with E-state index in [2.05, 4.69) is 54.1 Å². The van der Waals surface area contributed by atoms with E-state index in [-0.39, 0.29) is 0 Å². The molecule has 0 heterocycles. The lowest BCUT2D eigenvalue weighted by molar-refractivity contribution is 0.412. The van der Waals surface area contributed by atoms with Crippen molar-refractivity contribution < 1.29 is 4.74 Å². The van der Waals surface area contributed by atoms with Crippen LogP contribution in [0.3, 0.4) is 0 Å². The zero-order valence-electron chi connectivity index (χ0n) is 10.2. The minimum Gasteiger partial charge on any atom is -0.496 e. The fourth-order valence-corrected chi connectivity index (χ4v) is 2.23. The summed E-state index contributed by atoms with van der Waals surface area (Å²) in [6.07, 6.45) is 6.68. The molecule has 0 saturated carbocycles. The van der Waals surface area contributed by atoms with E-state index in [0.717, 1.165) is 23.1 Å². The number of methoxy groups -OCH3 is 1. The smallest absolute Gasteiger partial charge is 0.133 e. The summed E-state index contributed by atoms with van der Waals surface area (Å²) in [6, 6.07) is 6.27. The van der Waals surface area contributed by atoms with Crippen LogP contribution in [0.2, 0.25) is 0 Å². The molecule has 1 aromatic rings. The van der Waals surface area contributed by atoms with E-state index in [1.807, 2.05) is 6.07 Å². The first-order valence-electron chi connectivity index (χ1n) is 5.66. The summed E-state index contributed by atoms with van der Waals surface area (Å²) in [5.41, 5.74) is 1.33. The Bertz CT molecular complexity index is 358. The Morgan fingerprint density at radius 2 is 2.19 bits per heavy atom. The predicted octanol–water partition coefficient (Wildman–Crippen LogP) is 4.60. The second-order valence-electron chi connectivity index (χ2n) is 3.99. The Balaban J connectivity index is 2.67. The van der Waals surface area contributed by atoms with Crippen LogP contribution in [0.25, 0.3) is 0 Å². The highest BCUT2D eigenvalue weighted by Crippen LogP contribution is 2.26. The molecule has 1 rings (SSSR count). The van der Waals surface area contributed by atoms with Gasteiger partial charge in [-0.1, -0.05) is 32.1 Å². The van der Waals surface area contributed by atoms with Gasteiger partial charge < -0.3 is 4.74 Å². The van der Waals surface area contributed by atoms with Gasteiger partial charge in [-0.15, -0.1) is 0 Å². The lowest BCUT2D eigenvalue weighted by Gasteiger charge is -2.09. The standard InChI is InChI=1S/C14H19BrO/c1-4-5-6-11(2)9-12-7-8-14(16-3)13(15)10-12/h5-8,10-11H,4,9H2,1-3H3/b6-5-. The van der Waals surface area contributed by atoms with Crippen molar-refractivity contribution >= 4 is 15.9 Å². The molecule has 0 spiro atoms. The van der Waals surface area contributed by atoms with Crippen molar-refractivity contribution in [1.82, 2.24) is 0 Å². The van der Waals surface area contributed by atoms with Crippen LogP contribution in [-0.2, 0) is 6.42 Å². The molecule has 0 aliphatic carbocycles. The molecule has 0 amide bonds. The van der Waals surface area contributed by atoms with Crippen LogP contribution < -0.4 is 4.74 Å². The first kappa shape index (κ1) is 13.3. The van der Waals surface area contributed by atoms with Gasteiger partial charge in [0, 0.05) is 0 Å². The highest BCUT2D eigenvalue weighted by atomic mass is 79.9. The fourth-order valence-electron chi connectivity index (χ4n) is 1.65. The zero-order chi connectivity index (χ0) is 12.0. The molecule has 0 saturated heterocycles. The van der Waals surface area contributed by atoms with Gasteiger partial charge >= 0.3 is 0 Å². The molecular formula is C14H19BrO. The van der Waals surface area contributed by atoms with Crippen molar-refractivity contribution in [2.24, 2.45) is 5.92 Å². The van der Waals surface area contributed by atoms with E-state index >= 15 is 0 Å². The molecule has 1 nitrogen and oxygen atoms in total. The van der Waals surface area contributed by atoms with Crippen molar-refractivity contribution in [1.29, 1.82) is 0 Å². The van der Waals surface area contributed by atoms with Gasteiger partial charge in [-0.2, -0.15) is 0 Å². The Kier molecular flexibility index (Phi) is 5.61. The SMILES string of the molecule is CC/C=C\C(C)Cc1ccc(OC)c(Br)c1. The Labute approximate surface area is 107 Å². The number of hydrogen-bond donors (Lipinski definition) is 0. The van der Waals surface area contributed by atoms with Gasteiger partial charge in [0.25, 0.3) is 0 Å². The molecule has 0 fully saturated rings. The summed E-state index contributed by atoms with van der Waals surface area (Å²) < 4.78 is 6.24. The van der Waals surface area contributed by atoms with E-state index in [4.69, 9.17) is 4.74 Å². The van der Waals surface area contributed by atoms with Gasteiger partial charge in [0.05, 0.1) is 11.6 Å². The van der Waals surface area contributed by atoms with Gasteiger partial charge in [-0.05, 0) is 52.4 Å². The number of allylic oxidation sites excluding steroid dienone is 2. The average Bonchev–Trinajstić information content (AvgIpc) is 2.26. The van der Waals surface area contributed by atoms with Crippen LogP contribution in [0.5, 0.6) is 5.75 Å². The second kappa shape index (κ2) is 6.74. The Hall–Kier alpha value is -0.760. The van der Waals surface area contributed by atoms with Crippen LogP contribution in [0.15, 0.2) is 34.8 Å². The summed E-state index contributed by atoms with van der Waals surface area (Å²) in [5.74, 6) is 1.47. The Morgan fingerprint density at radius 1 is 1.44 bits per heavy atom. The Morgan fingerprint density at radius 3 is 2.75 bits per heavy atom. The predicted molar refractivity (Wildman–Crippen MR) is 73.0 cm³/mol. The molecule has 0 aliphatic heterocycles. The fraction of sp³-hybridized carbons (Fsp3) is 0.429. The summed E-state index contributed by atoms with van der Waals surface area (Å²) in [4.78, 5) is 0. The molecule has 1 atom stereocenters. The van der Waals surface area contributed by atoms with Gasteiger partial charge in [0.15, 0.2) is 0 Å². The number of rotatable bonds is 5. The van der Waals surface area contributed by atoms with Crippen molar-refractivity contribution in [2.75, 3.05) is 7.11 Å². The number of ether oxygens (including phenoxy) is 1. The molecule has 0 bridgehead atoms. The lowest BCUT2D eigenvalue weighted by atomic mass is 10.0. The first-order chi connectivity index (χ1) is 7.67. The van der Waals surface area contributed by atoms with Gasteiger partial charge in [0.2, 0.25) is 0 Å². The third-order valence-electron chi connectivity index (χ3n) is 2.47. The van der Waals surface area contributed by atoms with Gasteiger partial charge in [-0.25, -0.2) is 0 Å². The second-order valence-corrected chi connectivity index (χ2v) is 4.84. The summed E-state index contributed by atoms with van der Waals surface area (Å²) >= 11 is 3.51. The summed E-state index contributed by atoms with van der Waals surface area (Å²) in [5, 5.41) is 0. The lowest BCUT2D eigenvalue weighted by Crippen LogP contribution is -1.96. The van der Waals surface area contributed by atoms with Crippen LogP contribution in [0, 0.1) is 5.92 Å². The molecule has 0 radical (unpaired) electrons. The maximum absolute atomic E-state index is 5.21. The quantitative estimate of drug-likeness (QED) is 0.717. The van der Waals surface area contributed by atoms with Gasteiger partial charge in [-0.3, -0.25) is 0 Å². The average molecular weight is 283 g/mol. The van der Waals surface area contributed by atoms with Crippen LogP contribution in [0.1, 0.15) is 25.8 Å². The topological polar surface area (TPSA) is 9.23 Å². The zero-order valence-corrected chi connectivity index (χ0v) is 11.8. The summed E-state index contributed by atoms with van der Waals surface area (Å²) in [6.45, 7) is 4.40. The molecule has 1 aromatic carbocycles. The van der Waals surface area contributed by atoms with E-state index in [1.54, 1.807) is 7.11 Å². The highest BCUT2D eigenvalue weighted by molar-refractivity contribution is 9.10. The number of hydrogen-bond acceptors (Lipinski definition) is 1. The molecule has 16 heavy (non-hydrogen) atoms. The van der Waals surface area contributed by atoms with Crippen molar-refractivity contribution in [3.8, 4) is 5.75 Å². The van der Waals surface area contributed by atoms with Crippen LogP contribution >= 0.6 is 15.9 Å². The molecule has 88 valence electrons. The normalized spacial score (nSPS) is 13.0. The van der Waals surface area contributed by atoms with E-state index in [1.165, 1.54) is 5.56 Å². The maximum Gasteiger partial charge on any atom is 0.133 e. The molecule has 0 aliphatic rings. The first-order valence-corrected chi connectivity index (χ1v) is 6.45.